The van der Waals surface area contributed by atoms with E-state index in [0.29, 0.717) is 10.4 Å². The first-order chi connectivity index (χ1) is 5.70. The van der Waals surface area contributed by atoms with Crippen LogP contribution >= 0.6 is 11.3 Å². The van der Waals surface area contributed by atoms with Gasteiger partial charge < -0.3 is 5.73 Å². The van der Waals surface area contributed by atoms with Crippen LogP contribution in [0.15, 0.2) is 17.5 Å². The number of hydrogen-bond acceptors (Lipinski definition) is 2. The largest absolute Gasteiger partial charge is 0.398 e. The molecular formula is C9H8FNS. The number of rotatable bonds is 0. The van der Waals surface area contributed by atoms with Crippen molar-refractivity contribution in [3.63, 3.8) is 0 Å². The van der Waals surface area contributed by atoms with Crippen molar-refractivity contribution in [1.29, 1.82) is 0 Å². The molecule has 2 rings (SSSR count). The highest BCUT2D eigenvalue weighted by Gasteiger charge is 2.07. The van der Waals surface area contributed by atoms with Crippen molar-refractivity contribution in [2.24, 2.45) is 0 Å². The first-order valence-electron chi connectivity index (χ1n) is 3.62. The Kier molecular flexibility index (Phi) is 1.54. The maximum Gasteiger partial charge on any atom is 0.143 e. The Labute approximate surface area is 73.6 Å². The Hall–Kier alpha value is -1.09. The van der Waals surface area contributed by atoms with E-state index in [9.17, 15) is 4.39 Å². The topological polar surface area (TPSA) is 26.0 Å². The zero-order chi connectivity index (χ0) is 8.72. The molecule has 1 aromatic heterocycles. The Morgan fingerprint density at radius 3 is 3.00 bits per heavy atom. The molecule has 1 heterocycles. The lowest BCUT2D eigenvalue weighted by molar-refractivity contribution is 0.642. The van der Waals surface area contributed by atoms with Crippen LogP contribution in [0.25, 0.3) is 10.1 Å². The summed E-state index contributed by atoms with van der Waals surface area (Å²) >= 11 is 1.41. The second-order valence-corrected chi connectivity index (χ2v) is 3.65. The molecule has 1 nitrogen and oxygen atoms in total. The Balaban J connectivity index is 2.97. The van der Waals surface area contributed by atoms with Crippen LogP contribution in [0.2, 0.25) is 0 Å². The van der Waals surface area contributed by atoms with E-state index in [-0.39, 0.29) is 5.82 Å². The summed E-state index contributed by atoms with van der Waals surface area (Å²) in [6.45, 7) is 1.91. The highest BCUT2D eigenvalue weighted by atomic mass is 32.1. The second kappa shape index (κ2) is 2.45. The highest BCUT2D eigenvalue weighted by molar-refractivity contribution is 7.17. The van der Waals surface area contributed by atoms with Gasteiger partial charge in [0.1, 0.15) is 5.82 Å². The molecule has 0 aliphatic rings. The minimum Gasteiger partial charge on any atom is -0.398 e. The molecule has 0 atom stereocenters. The van der Waals surface area contributed by atoms with E-state index in [0.717, 1.165) is 10.9 Å². The van der Waals surface area contributed by atoms with Crippen molar-refractivity contribution in [3.05, 3.63) is 28.9 Å². The molecule has 0 saturated carbocycles. The molecule has 0 radical (unpaired) electrons. The third-order valence-corrected chi connectivity index (χ3v) is 2.92. The van der Waals surface area contributed by atoms with E-state index in [2.05, 4.69) is 0 Å². The molecule has 0 spiro atoms. The molecule has 0 unspecified atom stereocenters. The maximum atomic E-state index is 13.2. The predicted molar refractivity (Wildman–Crippen MR) is 50.9 cm³/mol. The summed E-state index contributed by atoms with van der Waals surface area (Å²) in [5.41, 5.74) is 7.10. The number of thiophene rings is 1. The van der Waals surface area contributed by atoms with Crippen LogP contribution in [0.5, 0.6) is 0 Å². The van der Waals surface area contributed by atoms with Gasteiger partial charge in [0.2, 0.25) is 0 Å². The first kappa shape index (κ1) is 7.55. The second-order valence-electron chi connectivity index (χ2n) is 2.74. The molecule has 0 bridgehead atoms. The van der Waals surface area contributed by atoms with Crippen molar-refractivity contribution >= 4 is 27.1 Å². The molecule has 0 aliphatic heterocycles. The fourth-order valence-electron chi connectivity index (χ4n) is 1.26. The van der Waals surface area contributed by atoms with E-state index < -0.39 is 0 Å². The number of halogens is 1. The van der Waals surface area contributed by atoms with E-state index in [4.69, 9.17) is 5.73 Å². The van der Waals surface area contributed by atoms with Gasteiger partial charge in [-0.15, -0.1) is 11.3 Å². The quantitative estimate of drug-likeness (QED) is 0.621. The number of hydrogen-bond donors (Lipinski definition) is 1. The normalized spacial score (nSPS) is 10.8. The molecular weight excluding hydrogens is 173 g/mol. The molecule has 12 heavy (non-hydrogen) atoms. The van der Waals surface area contributed by atoms with Crippen molar-refractivity contribution in [1.82, 2.24) is 0 Å². The van der Waals surface area contributed by atoms with Gasteiger partial charge in [-0.25, -0.2) is 4.39 Å². The molecule has 2 aromatic rings. The van der Waals surface area contributed by atoms with Gasteiger partial charge in [0.25, 0.3) is 0 Å². The average Bonchev–Trinajstić information content (AvgIpc) is 2.48. The number of fused-ring (bicyclic) bond motifs is 1. The van der Waals surface area contributed by atoms with E-state index in [1.807, 2.05) is 18.4 Å². The molecule has 0 amide bonds. The fourth-order valence-corrected chi connectivity index (χ4v) is 2.12. The van der Waals surface area contributed by atoms with E-state index >= 15 is 0 Å². The number of nitrogens with two attached hydrogens (primary N) is 1. The molecule has 1 aromatic carbocycles. The molecule has 0 aliphatic carbocycles. The van der Waals surface area contributed by atoms with Gasteiger partial charge in [0.15, 0.2) is 0 Å². The van der Waals surface area contributed by atoms with Crippen molar-refractivity contribution < 1.29 is 4.39 Å². The number of anilines is 1. The molecule has 0 fully saturated rings. The number of aryl methyl sites for hydroxylation is 1. The van der Waals surface area contributed by atoms with Crippen LogP contribution in [-0.2, 0) is 0 Å². The first-order valence-corrected chi connectivity index (χ1v) is 4.50. The summed E-state index contributed by atoms with van der Waals surface area (Å²) in [5, 5.41) is 2.80. The minimum absolute atomic E-state index is 0.219. The summed E-state index contributed by atoms with van der Waals surface area (Å²) in [6.07, 6.45) is 0. The smallest absolute Gasteiger partial charge is 0.143 e. The van der Waals surface area contributed by atoms with Gasteiger partial charge in [0.05, 0.1) is 4.70 Å². The lowest BCUT2D eigenvalue weighted by atomic mass is 10.1. The van der Waals surface area contributed by atoms with Crippen LogP contribution in [0.4, 0.5) is 10.1 Å². The summed E-state index contributed by atoms with van der Waals surface area (Å²) in [6, 6.07) is 3.28. The van der Waals surface area contributed by atoms with Crippen LogP contribution in [0.1, 0.15) is 5.56 Å². The van der Waals surface area contributed by atoms with Gasteiger partial charge in [-0.3, -0.25) is 0 Å². The SMILES string of the molecule is Cc1c(N)cc(F)c2sccc12. The molecule has 0 saturated heterocycles. The summed E-state index contributed by atoms with van der Waals surface area (Å²) in [4.78, 5) is 0. The Morgan fingerprint density at radius 2 is 2.25 bits per heavy atom. The fraction of sp³-hybridized carbons (Fsp3) is 0.111. The highest BCUT2D eigenvalue weighted by Crippen LogP contribution is 2.30. The summed E-state index contributed by atoms with van der Waals surface area (Å²) in [5.74, 6) is -0.219. The van der Waals surface area contributed by atoms with E-state index in [1.54, 1.807) is 0 Å². The van der Waals surface area contributed by atoms with Gasteiger partial charge in [-0.05, 0) is 30.0 Å². The van der Waals surface area contributed by atoms with Crippen LogP contribution < -0.4 is 5.73 Å². The number of nitrogen functional groups attached to an aromatic ring is 1. The Bertz CT molecular complexity index is 433. The predicted octanol–water partition coefficient (Wildman–Crippen LogP) is 2.93. The zero-order valence-corrected chi connectivity index (χ0v) is 7.41. The minimum atomic E-state index is -0.219. The van der Waals surface area contributed by atoms with Crippen molar-refractivity contribution in [2.45, 2.75) is 6.92 Å². The molecule has 3 heteroatoms. The standard InChI is InChI=1S/C9H8FNS/c1-5-6-2-3-12-9(6)7(10)4-8(5)11/h2-4H,11H2,1H3. The Morgan fingerprint density at radius 1 is 1.50 bits per heavy atom. The maximum absolute atomic E-state index is 13.2. The zero-order valence-electron chi connectivity index (χ0n) is 6.60. The third kappa shape index (κ3) is 0.898. The number of benzene rings is 1. The molecule has 62 valence electrons. The van der Waals surface area contributed by atoms with Gasteiger partial charge in [-0.2, -0.15) is 0 Å². The van der Waals surface area contributed by atoms with Gasteiger partial charge in [0, 0.05) is 11.1 Å². The summed E-state index contributed by atoms with van der Waals surface area (Å²) < 4.78 is 13.9. The average molecular weight is 181 g/mol. The van der Waals surface area contributed by atoms with Crippen molar-refractivity contribution in [2.75, 3.05) is 5.73 Å². The van der Waals surface area contributed by atoms with Crippen molar-refractivity contribution in [3.8, 4) is 0 Å². The van der Waals surface area contributed by atoms with Gasteiger partial charge >= 0.3 is 0 Å². The van der Waals surface area contributed by atoms with E-state index in [1.165, 1.54) is 17.4 Å². The molecule has 2 N–H and O–H groups in total. The van der Waals surface area contributed by atoms with Crippen LogP contribution in [0.3, 0.4) is 0 Å². The van der Waals surface area contributed by atoms with Crippen LogP contribution in [-0.4, -0.2) is 0 Å². The van der Waals surface area contributed by atoms with Crippen LogP contribution in [0, 0.1) is 12.7 Å². The van der Waals surface area contributed by atoms with Gasteiger partial charge in [-0.1, -0.05) is 0 Å². The monoisotopic (exact) mass is 181 g/mol. The lowest BCUT2D eigenvalue weighted by Gasteiger charge is -2.01. The lowest BCUT2D eigenvalue weighted by Crippen LogP contribution is -1.90. The summed E-state index contributed by atoms with van der Waals surface area (Å²) in [7, 11) is 0. The third-order valence-electron chi connectivity index (χ3n) is 2.00.